The smallest absolute Gasteiger partial charge is 0.320 e. The largest absolute Gasteiger partial charge is 0.480 e. The summed E-state index contributed by atoms with van der Waals surface area (Å²) in [5, 5.41) is 14.5. The number of hydrogen-bond acceptors (Lipinski definition) is 3. The summed E-state index contributed by atoms with van der Waals surface area (Å²) in [6.07, 6.45) is 1.25. The average molecular weight is 306 g/mol. The molecule has 1 amide bonds. The Kier molecular flexibility index (Phi) is 6.56. The van der Waals surface area contributed by atoms with Gasteiger partial charge in [-0.3, -0.25) is 14.9 Å². The highest BCUT2D eigenvalue weighted by Crippen LogP contribution is 2.23. The van der Waals surface area contributed by atoms with Crippen LogP contribution in [-0.2, 0) is 15.0 Å². The number of hydrogen-bond donors (Lipinski definition) is 3. The Morgan fingerprint density at radius 3 is 2.23 bits per heavy atom. The number of carboxylic acids is 1. The summed E-state index contributed by atoms with van der Waals surface area (Å²) in [6.45, 7) is 8.28. The van der Waals surface area contributed by atoms with Crippen molar-refractivity contribution < 1.29 is 14.7 Å². The topological polar surface area (TPSA) is 78.4 Å². The summed E-state index contributed by atoms with van der Waals surface area (Å²) in [4.78, 5) is 22.9. The molecule has 22 heavy (non-hydrogen) atoms. The molecule has 3 N–H and O–H groups in total. The molecule has 0 bridgehead atoms. The molecule has 5 nitrogen and oxygen atoms in total. The van der Waals surface area contributed by atoms with E-state index in [1.807, 2.05) is 31.2 Å². The quantitative estimate of drug-likeness (QED) is 0.724. The van der Waals surface area contributed by atoms with Crippen molar-refractivity contribution in [3.05, 3.63) is 29.8 Å². The first kappa shape index (κ1) is 18.2. The fourth-order valence-corrected chi connectivity index (χ4v) is 2.08. The highest BCUT2D eigenvalue weighted by Gasteiger charge is 2.17. The van der Waals surface area contributed by atoms with Crippen molar-refractivity contribution in [3.8, 4) is 0 Å². The van der Waals surface area contributed by atoms with Crippen molar-refractivity contribution >= 4 is 17.6 Å². The molecule has 0 radical (unpaired) electrons. The maximum Gasteiger partial charge on any atom is 0.320 e. The average Bonchev–Trinajstić information content (AvgIpc) is 2.42. The van der Waals surface area contributed by atoms with Crippen molar-refractivity contribution in [3.63, 3.8) is 0 Å². The molecule has 0 aliphatic heterocycles. The molecular weight excluding hydrogens is 280 g/mol. The fourth-order valence-electron chi connectivity index (χ4n) is 2.08. The van der Waals surface area contributed by atoms with Gasteiger partial charge in [-0.25, -0.2) is 0 Å². The van der Waals surface area contributed by atoms with Crippen LogP contribution in [0.15, 0.2) is 24.3 Å². The lowest BCUT2D eigenvalue weighted by Crippen LogP contribution is -2.41. The second-order valence-electron chi connectivity index (χ2n) is 6.44. The number of amides is 1. The van der Waals surface area contributed by atoms with Crippen LogP contribution in [0.1, 0.15) is 46.1 Å². The Balaban J connectivity index is 2.53. The van der Waals surface area contributed by atoms with Gasteiger partial charge in [0.1, 0.15) is 6.04 Å². The molecule has 0 aromatic heterocycles. The number of carboxylic acid groups (broad SMARTS) is 1. The van der Waals surface area contributed by atoms with E-state index in [4.69, 9.17) is 5.11 Å². The van der Waals surface area contributed by atoms with Gasteiger partial charge in [0.2, 0.25) is 5.91 Å². The van der Waals surface area contributed by atoms with Gasteiger partial charge in [-0.2, -0.15) is 0 Å². The lowest BCUT2D eigenvalue weighted by atomic mass is 9.87. The van der Waals surface area contributed by atoms with E-state index < -0.39 is 12.0 Å². The van der Waals surface area contributed by atoms with Crippen LogP contribution in [0.25, 0.3) is 0 Å². The van der Waals surface area contributed by atoms with Crippen molar-refractivity contribution in [1.82, 2.24) is 5.32 Å². The lowest BCUT2D eigenvalue weighted by Gasteiger charge is -2.19. The molecule has 1 unspecified atom stereocenters. The van der Waals surface area contributed by atoms with Gasteiger partial charge < -0.3 is 10.4 Å². The van der Waals surface area contributed by atoms with Crippen LogP contribution in [0.4, 0.5) is 5.69 Å². The highest BCUT2D eigenvalue weighted by atomic mass is 16.4. The van der Waals surface area contributed by atoms with Gasteiger partial charge in [0.15, 0.2) is 0 Å². The summed E-state index contributed by atoms with van der Waals surface area (Å²) in [5.41, 5.74) is 1.97. The molecule has 0 saturated carbocycles. The Morgan fingerprint density at radius 2 is 1.77 bits per heavy atom. The van der Waals surface area contributed by atoms with Crippen molar-refractivity contribution in [2.24, 2.45) is 0 Å². The van der Waals surface area contributed by atoms with Crippen LogP contribution in [0.2, 0.25) is 0 Å². The minimum Gasteiger partial charge on any atom is -0.480 e. The Bertz CT molecular complexity index is 504. The van der Waals surface area contributed by atoms with Crippen LogP contribution in [0, 0.1) is 0 Å². The van der Waals surface area contributed by atoms with Crippen LogP contribution in [-0.4, -0.2) is 29.6 Å². The summed E-state index contributed by atoms with van der Waals surface area (Å²) >= 11 is 0. The zero-order chi connectivity index (χ0) is 16.8. The van der Waals surface area contributed by atoms with Crippen LogP contribution in [0.3, 0.4) is 0 Å². The number of benzene rings is 1. The number of rotatable bonds is 7. The predicted octanol–water partition coefficient (Wildman–Crippen LogP) is 2.77. The van der Waals surface area contributed by atoms with Crippen molar-refractivity contribution in [2.75, 3.05) is 11.9 Å². The molecule has 1 aromatic rings. The molecule has 0 fully saturated rings. The molecule has 5 heteroatoms. The number of anilines is 1. The fraction of sp³-hybridized carbons (Fsp3) is 0.529. The second kappa shape index (κ2) is 7.94. The molecule has 1 rings (SSSR count). The zero-order valence-electron chi connectivity index (χ0n) is 13.8. The van der Waals surface area contributed by atoms with Crippen molar-refractivity contribution in [2.45, 2.75) is 52.0 Å². The van der Waals surface area contributed by atoms with E-state index in [0.29, 0.717) is 12.1 Å². The summed E-state index contributed by atoms with van der Waals surface area (Å²) in [6, 6.07) is 7.01. The van der Waals surface area contributed by atoms with E-state index in [2.05, 4.69) is 31.4 Å². The first-order chi connectivity index (χ1) is 10.2. The minimum absolute atomic E-state index is 0.0159. The van der Waals surface area contributed by atoms with Gasteiger partial charge in [0.05, 0.1) is 6.54 Å². The monoisotopic (exact) mass is 306 g/mol. The first-order valence-electron chi connectivity index (χ1n) is 7.60. The summed E-state index contributed by atoms with van der Waals surface area (Å²) < 4.78 is 0. The third kappa shape index (κ3) is 5.85. The molecular formula is C17H26N2O3. The summed E-state index contributed by atoms with van der Waals surface area (Å²) in [5.74, 6) is -1.17. The Labute approximate surface area is 132 Å². The second-order valence-corrected chi connectivity index (χ2v) is 6.44. The van der Waals surface area contributed by atoms with Gasteiger partial charge in [0.25, 0.3) is 0 Å². The van der Waals surface area contributed by atoms with E-state index in [1.165, 1.54) is 5.56 Å². The molecule has 0 aliphatic carbocycles. The van der Waals surface area contributed by atoms with Crippen LogP contribution >= 0.6 is 0 Å². The van der Waals surface area contributed by atoms with E-state index in [1.54, 1.807) is 0 Å². The molecule has 0 aliphatic rings. The van der Waals surface area contributed by atoms with E-state index >= 15 is 0 Å². The van der Waals surface area contributed by atoms with Gasteiger partial charge in [-0.15, -0.1) is 0 Å². The third-order valence-corrected chi connectivity index (χ3v) is 3.42. The SMILES string of the molecule is CCCC(NCC(=O)Nc1ccc(C(C)(C)C)cc1)C(=O)O. The number of carbonyl (C=O) groups is 2. The van der Waals surface area contributed by atoms with Crippen LogP contribution < -0.4 is 10.6 Å². The molecule has 0 spiro atoms. The van der Waals surface area contributed by atoms with Crippen LogP contribution in [0.5, 0.6) is 0 Å². The summed E-state index contributed by atoms with van der Waals surface area (Å²) in [7, 11) is 0. The normalized spacial score (nSPS) is 12.7. The minimum atomic E-state index is -0.927. The number of aliphatic carboxylic acids is 1. The molecule has 0 saturated heterocycles. The molecule has 1 aromatic carbocycles. The zero-order valence-corrected chi connectivity index (χ0v) is 13.8. The molecule has 1 atom stereocenters. The maximum atomic E-state index is 11.9. The lowest BCUT2D eigenvalue weighted by molar-refractivity contribution is -0.139. The molecule has 122 valence electrons. The third-order valence-electron chi connectivity index (χ3n) is 3.42. The van der Waals surface area contributed by atoms with Gasteiger partial charge >= 0.3 is 5.97 Å². The number of carbonyl (C=O) groups excluding carboxylic acids is 1. The van der Waals surface area contributed by atoms with E-state index in [9.17, 15) is 9.59 Å². The van der Waals surface area contributed by atoms with Gasteiger partial charge in [-0.05, 0) is 29.5 Å². The van der Waals surface area contributed by atoms with Crippen molar-refractivity contribution in [1.29, 1.82) is 0 Å². The van der Waals surface area contributed by atoms with E-state index in [-0.39, 0.29) is 17.9 Å². The Morgan fingerprint density at radius 1 is 1.18 bits per heavy atom. The number of nitrogens with one attached hydrogen (secondary N) is 2. The predicted molar refractivity (Wildman–Crippen MR) is 88.1 cm³/mol. The standard InChI is InChI=1S/C17H26N2O3/c1-5-6-14(16(21)22)18-11-15(20)19-13-9-7-12(8-10-13)17(2,3)4/h7-10,14,18H,5-6,11H2,1-4H3,(H,19,20)(H,21,22). The van der Waals surface area contributed by atoms with Gasteiger partial charge in [-0.1, -0.05) is 46.2 Å². The van der Waals surface area contributed by atoms with E-state index in [0.717, 1.165) is 6.42 Å². The molecule has 0 heterocycles. The van der Waals surface area contributed by atoms with Gasteiger partial charge in [0, 0.05) is 5.69 Å². The first-order valence-corrected chi connectivity index (χ1v) is 7.60. The Hall–Kier alpha value is -1.88. The maximum absolute atomic E-state index is 11.9. The highest BCUT2D eigenvalue weighted by molar-refractivity contribution is 5.92.